The third-order valence-electron chi connectivity index (χ3n) is 7.67. The number of ether oxygens (including phenoxy) is 2. The minimum atomic E-state index is -0.581. The summed E-state index contributed by atoms with van der Waals surface area (Å²) in [6, 6.07) is 13.3. The molecule has 2 aromatic carbocycles. The highest BCUT2D eigenvalue weighted by molar-refractivity contribution is 5.81. The van der Waals surface area contributed by atoms with Crippen molar-refractivity contribution in [1.29, 1.82) is 5.26 Å². The summed E-state index contributed by atoms with van der Waals surface area (Å²) in [6.45, 7) is 7.21. The van der Waals surface area contributed by atoms with Crippen molar-refractivity contribution >= 4 is 10.9 Å². The number of nitrogens with zero attached hydrogens (tertiary/aromatic N) is 3. The van der Waals surface area contributed by atoms with Crippen molar-refractivity contribution in [3.8, 4) is 17.6 Å². The number of benzene rings is 2. The number of rotatable bonds is 9. The Bertz CT molecular complexity index is 1190. The van der Waals surface area contributed by atoms with Crippen LogP contribution in [-0.2, 0) is 5.41 Å². The fraction of sp³-hybridized carbons (Fsp3) is 0.500. The first-order chi connectivity index (χ1) is 16.9. The van der Waals surface area contributed by atoms with E-state index in [1.807, 2.05) is 24.3 Å². The van der Waals surface area contributed by atoms with Gasteiger partial charge in [0.05, 0.1) is 31.2 Å². The predicted octanol–water partition coefficient (Wildman–Crippen LogP) is 5.80. The number of hydrogen-bond acceptors (Lipinski definition) is 5. The number of aromatic nitrogens is 2. The molecule has 7 heteroatoms. The molecule has 1 saturated heterocycles. The van der Waals surface area contributed by atoms with Gasteiger partial charge in [0, 0.05) is 23.1 Å². The molecular weight excluding hydrogens is 443 g/mol. The molecule has 0 saturated carbocycles. The zero-order valence-electron chi connectivity index (χ0n) is 21.1. The molecule has 0 aliphatic carbocycles. The first-order valence-corrected chi connectivity index (χ1v) is 12.4. The molecular formula is C28H35FN4O2. The minimum absolute atomic E-state index is 0.162. The molecule has 1 fully saturated rings. The minimum Gasteiger partial charge on any atom is -0.493 e. The molecule has 1 aliphatic rings. The highest BCUT2D eigenvalue weighted by Crippen LogP contribution is 2.40. The summed E-state index contributed by atoms with van der Waals surface area (Å²) in [4.78, 5) is 2.49. The van der Waals surface area contributed by atoms with Crippen molar-refractivity contribution in [1.82, 2.24) is 15.1 Å². The topological polar surface area (TPSA) is 74.2 Å². The number of H-pyrrole nitrogens is 1. The summed E-state index contributed by atoms with van der Waals surface area (Å²) in [5, 5.41) is 18.8. The lowest BCUT2D eigenvalue weighted by Crippen LogP contribution is -2.36. The van der Waals surface area contributed by atoms with E-state index in [0.717, 1.165) is 62.0 Å². The van der Waals surface area contributed by atoms with E-state index < -0.39 is 5.41 Å². The molecule has 6 nitrogen and oxygen atoms in total. The number of nitriles is 1. The van der Waals surface area contributed by atoms with Gasteiger partial charge in [-0.1, -0.05) is 19.9 Å². The zero-order chi connectivity index (χ0) is 25.0. The first kappa shape index (κ1) is 25.0. The van der Waals surface area contributed by atoms with Gasteiger partial charge in [-0.3, -0.25) is 5.10 Å². The second kappa shape index (κ2) is 10.7. The van der Waals surface area contributed by atoms with E-state index in [1.165, 1.54) is 12.1 Å². The number of methoxy groups -OCH3 is 2. The summed E-state index contributed by atoms with van der Waals surface area (Å²) in [7, 11) is 3.24. The number of piperidine rings is 1. The Labute approximate surface area is 207 Å². The monoisotopic (exact) mass is 478 g/mol. The third kappa shape index (κ3) is 4.99. The second-order valence-corrected chi connectivity index (χ2v) is 9.83. The average Bonchev–Trinajstić information content (AvgIpc) is 3.29. The van der Waals surface area contributed by atoms with Gasteiger partial charge in [-0.05, 0) is 81.1 Å². The maximum absolute atomic E-state index is 13.5. The van der Waals surface area contributed by atoms with Crippen LogP contribution in [0.25, 0.3) is 10.9 Å². The highest BCUT2D eigenvalue weighted by Gasteiger charge is 2.36. The number of hydrogen-bond donors (Lipinski definition) is 1. The molecule has 1 unspecified atom stereocenters. The molecule has 1 aliphatic heterocycles. The molecule has 0 bridgehead atoms. The lowest BCUT2D eigenvalue weighted by atomic mass is 9.69. The van der Waals surface area contributed by atoms with Crippen molar-refractivity contribution in [2.24, 2.45) is 5.92 Å². The SMILES string of the molecule is COc1ccc(C(C#N)(CCCN2CCC(c3[nH]nc4cc(F)ccc34)CC2)C(C)C)cc1OC. The Hall–Kier alpha value is -3.11. The Balaban J connectivity index is 1.38. The van der Waals surface area contributed by atoms with E-state index >= 15 is 0 Å². The molecule has 2 heterocycles. The lowest BCUT2D eigenvalue weighted by Gasteiger charge is -2.35. The second-order valence-electron chi connectivity index (χ2n) is 9.83. The van der Waals surface area contributed by atoms with Gasteiger partial charge in [0.25, 0.3) is 0 Å². The Kier molecular flexibility index (Phi) is 7.61. The summed E-state index contributed by atoms with van der Waals surface area (Å²) in [6.07, 6.45) is 3.81. The smallest absolute Gasteiger partial charge is 0.161 e. The average molecular weight is 479 g/mol. The van der Waals surface area contributed by atoms with E-state index in [2.05, 4.69) is 35.0 Å². The van der Waals surface area contributed by atoms with Crippen LogP contribution in [0, 0.1) is 23.1 Å². The van der Waals surface area contributed by atoms with E-state index in [1.54, 1.807) is 14.2 Å². The maximum Gasteiger partial charge on any atom is 0.161 e. The van der Waals surface area contributed by atoms with Crippen molar-refractivity contribution in [2.75, 3.05) is 33.9 Å². The van der Waals surface area contributed by atoms with Gasteiger partial charge in [-0.15, -0.1) is 0 Å². The summed E-state index contributed by atoms with van der Waals surface area (Å²) < 4.78 is 24.4. The normalized spacial score (nSPS) is 16.8. The number of fused-ring (bicyclic) bond motifs is 1. The van der Waals surface area contributed by atoms with Crippen LogP contribution in [0.3, 0.4) is 0 Å². The number of nitrogens with one attached hydrogen (secondary N) is 1. The van der Waals surface area contributed by atoms with Crippen molar-refractivity contribution < 1.29 is 13.9 Å². The molecule has 0 spiro atoms. The standard InChI is InChI=1S/C28H35FN4O2/c1-19(2)28(18-30,21-6-9-25(34-3)26(16-21)35-4)12-5-13-33-14-10-20(11-15-33)27-23-8-7-22(29)17-24(23)31-32-27/h6-9,16-17,19-20H,5,10-15H2,1-4H3,(H,31,32). The van der Waals surface area contributed by atoms with Gasteiger partial charge in [0.2, 0.25) is 0 Å². The molecule has 35 heavy (non-hydrogen) atoms. The van der Waals surface area contributed by atoms with Crippen LogP contribution in [0.2, 0.25) is 0 Å². The largest absolute Gasteiger partial charge is 0.493 e. The van der Waals surface area contributed by atoms with E-state index in [4.69, 9.17) is 9.47 Å². The van der Waals surface area contributed by atoms with Crippen LogP contribution in [0.1, 0.15) is 56.7 Å². The molecule has 0 amide bonds. The summed E-state index contributed by atoms with van der Waals surface area (Å²) in [5.41, 5.74) is 2.21. The fourth-order valence-electron chi connectivity index (χ4n) is 5.47. The van der Waals surface area contributed by atoms with Gasteiger partial charge in [-0.2, -0.15) is 10.4 Å². The molecule has 1 atom stereocenters. The van der Waals surface area contributed by atoms with Crippen LogP contribution in [-0.4, -0.2) is 49.0 Å². The van der Waals surface area contributed by atoms with E-state index in [9.17, 15) is 9.65 Å². The van der Waals surface area contributed by atoms with Crippen LogP contribution >= 0.6 is 0 Å². The summed E-state index contributed by atoms with van der Waals surface area (Å²) >= 11 is 0. The maximum atomic E-state index is 13.5. The molecule has 0 radical (unpaired) electrons. The highest BCUT2D eigenvalue weighted by atomic mass is 19.1. The van der Waals surface area contributed by atoms with Gasteiger partial charge in [0.1, 0.15) is 5.82 Å². The van der Waals surface area contributed by atoms with Crippen molar-refractivity contribution in [3.63, 3.8) is 0 Å². The first-order valence-electron chi connectivity index (χ1n) is 12.4. The number of aromatic amines is 1. The van der Waals surface area contributed by atoms with Crippen LogP contribution < -0.4 is 9.47 Å². The third-order valence-corrected chi connectivity index (χ3v) is 7.67. The molecule has 3 aromatic rings. The van der Waals surface area contributed by atoms with Gasteiger partial charge < -0.3 is 14.4 Å². The van der Waals surface area contributed by atoms with Gasteiger partial charge >= 0.3 is 0 Å². The Morgan fingerprint density at radius 2 is 1.89 bits per heavy atom. The molecule has 186 valence electrons. The lowest BCUT2D eigenvalue weighted by molar-refractivity contribution is 0.200. The fourth-order valence-corrected chi connectivity index (χ4v) is 5.47. The summed E-state index contributed by atoms with van der Waals surface area (Å²) in [5.74, 6) is 1.64. The number of halogens is 1. The van der Waals surface area contributed by atoms with Crippen LogP contribution in [0.15, 0.2) is 36.4 Å². The predicted molar refractivity (Wildman–Crippen MR) is 135 cm³/mol. The van der Waals surface area contributed by atoms with E-state index in [-0.39, 0.29) is 11.7 Å². The molecule has 1 N–H and O–H groups in total. The van der Waals surface area contributed by atoms with Gasteiger partial charge in [-0.25, -0.2) is 4.39 Å². The Morgan fingerprint density at radius 1 is 1.14 bits per heavy atom. The van der Waals surface area contributed by atoms with Gasteiger partial charge in [0.15, 0.2) is 11.5 Å². The van der Waals surface area contributed by atoms with E-state index in [0.29, 0.717) is 22.9 Å². The molecule has 1 aromatic heterocycles. The van der Waals surface area contributed by atoms with Crippen molar-refractivity contribution in [2.45, 2.75) is 50.9 Å². The van der Waals surface area contributed by atoms with Crippen LogP contribution in [0.4, 0.5) is 4.39 Å². The quantitative estimate of drug-likeness (QED) is 0.421. The number of likely N-dealkylation sites (tertiary alicyclic amines) is 1. The molecule has 4 rings (SSSR count). The Morgan fingerprint density at radius 3 is 2.54 bits per heavy atom. The van der Waals surface area contributed by atoms with Crippen molar-refractivity contribution in [3.05, 3.63) is 53.5 Å². The van der Waals surface area contributed by atoms with Crippen LogP contribution in [0.5, 0.6) is 11.5 Å². The zero-order valence-corrected chi connectivity index (χ0v) is 21.1.